The van der Waals surface area contributed by atoms with Gasteiger partial charge in [0.1, 0.15) is 0 Å². The Hall–Kier alpha value is -0.170. The third kappa shape index (κ3) is 3.41. The van der Waals surface area contributed by atoms with Gasteiger partial charge in [-0.1, -0.05) is 6.92 Å². The highest BCUT2D eigenvalue weighted by Crippen LogP contribution is 2.18. The summed E-state index contributed by atoms with van der Waals surface area (Å²) >= 11 is 6.84. The SMILES string of the molecule is Cc1ncc(S(=O)(=O)NC(C)C(C)CCl)s1. The molecular formula is C9H15ClN2O2S2. The van der Waals surface area contributed by atoms with E-state index in [-0.39, 0.29) is 16.2 Å². The zero-order valence-electron chi connectivity index (χ0n) is 9.40. The minimum absolute atomic E-state index is 0.0884. The second-order valence-corrected chi connectivity index (χ2v) is 7.22. The minimum atomic E-state index is -3.45. The van der Waals surface area contributed by atoms with Crippen LogP contribution in [-0.2, 0) is 10.0 Å². The van der Waals surface area contributed by atoms with Gasteiger partial charge in [-0.15, -0.1) is 22.9 Å². The van der Waals surface area contributed by atoms with Crippen molar-refractivity contribution in [2.24, 2.45) is 5.92 Å². The Morgan fingerprint density at radius 1 is 1.56 bits per heavy atom. The van der Waals surface area contributed by atoms with E-state index in [2.05, 4.69) is 9.71 Å². The van der Waals surface area contributed by atoms with Gasteiger partial charge in [-0.05, 0) is 19.8 Å². The van der Waals surface area contributed by atoms with E-state index in [1.54, 1.807) is 13.8 Å². The van der Waals surface area contributed by atoms with Gasteiger partial charge >= 0.3 is 0 Å². The molecule has 0 amide bonds. The number of nitrogens with zero attached hydrogens (tertiary/aromatic N) is 1. The predicted molar refractivity (Wildman–Crippen MR) is 66.5 cm³/mol. The van der Waals surface area contributed by atoms with Gasteiger partial charge in [0.25, 0.3) is 10.0 Å². The van der Waals surface area contributed by atoms with E-state index in [1.807, 2.05) is 6.92 Å². The second-order valence-electron chi connectivity index (χ2n) is 3.74. The van der Waals surface area contributed by atoms with Gasteiger partial charge in [0.15, 0.2) is 4.21 Å². The fourth-order valence-corrected chi connectivity index (χ4v) is 3.76. The summed E-state index contributed by atoms with van der Waals surface area (Å²) in [5, 5.41) is 0.735. The lowest BCUT2D eigenvalue weighted by molar-refractivity contribution is 0.481. The van der Waals surface area contributed by atoms with Crippen molar-refractivity contribution in [2.45, 2.75) is 31.0 Å². The van der Waals surface area contributed by atoms with Gasteiger partial charge < -0.3 is 0 Å². The van der Waals surface area contributed by atoms with E-state index in [0.717, 1.165) is 16.3 Å². The fourth-order valence-electron chi connectivity index (χ4n) is 1.02. The summed E-state index contributed by atoms with van der Waals surface area (Å²) < 4.78 is 26.6. The van der Waals surface area contributed by atoms with E-state index in [1.165, 1.54) is 6.20 Å². The van der Waals surface area contributed by atoms with Crippen molar-refractivity contribution < 1.29 is 8.42 Å². The van der Waals surface area contributed by atoms with Crippen LogP contribution in [-0.4, -0.2) is 25.3 Å². The number of halogens is 1. The summed E-state index contributed by atoms with van der Waals surface area (Å²) in [4.78, 5) is 3.93. The maximum Gasteiger partial charge on any atom is 0.251 e. The third-order valence-corrected chi connectivity index (χ3v) is 5.72. The first kappa shape index (κ1) is 13.9. The molecule has 16 heavy (non-hydrogen) atoms. The van der Waals surface area contributed by atoms with Crippen LogP contribution < -0.4 is 4.72 Å². The normalized spacial score (nSPS) is 16.0. The van der Waals surface area contributed by atoms with E-state index >= 15 is 0 Å². The average Bonchev–Trinajstić information content (AvgIpc) is 2.63. The number of alkyl halides is 1. The van der Waals surface area contributed by atoms with E-state index in [9.17, 15) is 8.42 Å². The average molecular weight is 283 g/mol. The molecule has 1 rings (SSSR count). The summed E-state index contributed by atoms with van der Waals surface area (Å²) in [5.74, 6) is 0.510. The van der Waals surface area contributed by atoms with Crippen molar-refractivity contribution in [2.75, 3.05) is 5.88 Å². The number of nitrogens with one attached hydrogen (secondary N) is 1. The van der Waals surface area contributed by atoms with Gasteiger partial charge in [0, 0.05) is 11.9 Å². The summed E-state index contributed by atoms with van der Waals surface area (Å²) in [6.07, 6.45) is 1.38. The standard InChI is InChI=1S/C9H15ClN2O2S2/c1-6(4-10)7(2)12-16(13,14)9-5-11-8(3)15-9/h5-7,12H,4H2,1-3H3. The highest BCUT2D eigenvalue weighted by Gasteiger charge is 2.22. The molecule has 1 N–H and O–H groups in total. The number of rotatable bonds is 5. The smallest absolute Gasteiger partial charge is 0.249 e. The molecule has 0 spiro atoms. The van der Waals surface area contributed by atoms with E-state index < -0.39 is 10.0 Å². The first-order valence-corrected chi connectivity index (χ1v) is 7.71. The largest absolute Gasteiger partial charge is 0.251 e. The number of sulfonamides is 1. The molecule has 2 unspecified atom stereocenters. The van der Waals surface area contributed by atoms with Gasteiger partial charge in [0.2, 0.25) is 0 Å². The molecule has 7 heteroatoms. The summed E-state index contributed by atoms with van der Waals surface area (Å²) in [5.41, 5.74) is 0. The lowest BCUT2D eigenvalue weighted by Crippen LogP contribution is -2.37. The van der Waals surface area contributed by atoms with E-state index in [0.29, 0.717) is 5.88 Å². The third-order valence-electron chi connectivity index (χ3n) is 2.30. The quantitative estimate of drug-likeness (QED) is 0.840. The van der Waals surface area contributed by atoms with Crippen LogP contribution in [0.4, 0.5) is 0 Å². The maximum atomic E-state index is 11.9. The molecule has 1 heterocycles. The second kappa shape index (κ2) is 5.44. The molecule has 0 aromatic carbocycles. The molecule has 2 atom stereocenters. The molecule has 1 aromatic rings. The monoisotopic (exact) mass is 282 g/mol. The molecule has 0 fully saturated rings. The molecule has 1 aromatic heterocycles. The molecule has 0 aliphatic rings. The maximum absolute atomic E-state index is 11.9. The Bertz CT molecular complexity index is 444. The minimum Gasteiger partial charge on any atom is -0.249 e. The summed E-state index contributed by atoms with van der Waals surface area (Å²) in [7, 11) is -3.45. The summed E-state index contributed by atoms with van der Waals surface area (Å²) in [6.45, 7) is 5.48. The van der Waals surface area contributed by atoms with Crippen molar-refractivity contribution in [3.05, 3.63) is 11.2 Å². The topological polar surface area (TPSA) is 59.1 Å². The molecule has 0 aliphatic heterocycles. The number of hydrogen-bond donors (Lipinski definition) is 1. The number of aryl methyl sites for hydroxylation is 1. The van der Waals surface area contributed by atoms with Crippen molar-refractivity contribution >= 4 is 33.0 Å². The molecule has 0 saturated carbocycles. The molecule has 0 aliphatic carbocycles. The summed E-state index contributed by atoms with van der Waals surface area (Å²) in [6, 6.07) is -0.190. The van der Waals surface area contributed by atoms with Crippen LogP contribution in [0, 0.1) is 12.8 Å². The Morgan fingerprint density at radius 3 is 2.62 bits per heavy atom. The van der Waals surface area contributed by atoms with Crippen LogP contribution in [0.3, 0.4) is 0 Å². The van der Waals surface area contributed by atoms with Crippen molar-refractivity contribution in [1.29, 1.82) is 0 Å². The zero-order chi connectivity index (χ0) is 12.3. The molecule has 92 valence electrons. The number of aromatic nitrogens is 1. The van der Waals surface area contributed by atoms with Crippen LogP contribution in [0.1, 0.15) is 18.9 Å². The number of thiazole rings is 1. The van der Waals surface area contributed by atoms with Crippen molar-refractivity contribution in [3.63, 3.8) is 0 Å². The Labute approximate surface area is 105 Å². The van der Waals surface area contributed by atoms with Crippen molar-refractivity contribution in [3.8, 4) is 0 Å². The lowest BCUT2D eigenvalue weighted by atomic mass is 10.1. The predicted octanol–water partition coefficient (Wildman–Crippen LogP) is 1.99. The molecule has 0 radical (unpaired) electrons. The van der Waals surface area contributed by atoms with Crippen LogP contribution in [0.15, 0.2) is 10.4 Å². The molecule has 4 nitrogen and oxygen atoms in total. The first-order chi connectivity index (χ1) is 7.36. The van der Waals surface area contributed by atoms with Gasteiger partial charge in [-0.25, -0.2) is 18.1 Å². The van der Waals surface area contributed by atoms with Crippen LogP contribution >= 0.6 is 22.9 Å². The van der Waals surface area contributed by atoms with E-state index in [4.69, 9.17) is 11.6 Å². The highest BCUT2D eigenvalue weighted by molar-refractivity contribution is 7.91. The van der Waals surface area contributed by atoms with Gasteiger partial charge in [-0.2, -0.15) is 0 Å². The Balaban J connectivity index is 2.80. The fraction of sp³-hybridized carbons (Fsp3) is 0.667. The molecule has 0 bridgehead atoms. The van der Waals surface area contributed by atoms with Gasteiger partial charge in [-0.3, -0.25) is 0 Å². The highest BCUT2D eigenvalue weighted by atomic mass is 35.5. The number of hydrogen-bond acceptors (Lipinski definition) is 4. The molecular weight excluding hydrogens is 268 g/mol. The van der Waals surface area contributed by atoms with Gasteiger partial charge in [0.05, 0.1) is 11.2 Å². The molecule has 0 saturated heterocycles. The Morgan fingerprint density at radius 2 is 2.19 bits per heavy atom. The zero-order valence-corrected chi connectivity index (χ0v) is 11.8. The Kier molecular flexibility index (Phi) is 4.73. The van der Waals surface area contributed by atoms with Crippen molar-refractivity contribution in [1.82, 2.24) is 9.71 Å². The van der Waals surface area contributed by atoms with Crippen LogP contribution in [0.2, 0.25) is 0 Å². The van der Waals surface area contributed by atoms with Crippen LogP contribution in [0.25, 0.3) is 0 Å². The first-order valence-electron chi connectivity index (χ1n) is 4.87. The van der Waals surface area contributed by atoms with Crippen LogP contribution in [0.5, 0.6) is 0 Å². The lowest BCUT2D eigenvalue weighted by Gasteiger charge is -2.18.